The smallest absolute Gasteiger partial charge is 0.416 e. The molecule has 1 aromatic heterocycles. The topological polar surface area (TPSA) is 82.0 Å². The molecule has 2 aliphatic rings. The van der Waals surface area contributed by atoms with Gasteiger partial charge in [-0.05, 0) is 81.4 Å². The number of likely N-dealkylation sites (tertiary alicyclic amines) is 1. The molecule has 1 N–H and O–H groups in total. The number of hydrogen-bond acceptors (Lipinski definition) is 7. The van der Waals surface area contributed by atoms with Crippen LogP contribution in [-0.2, 0) is 23.1 Å². The van der Waals surface area contributed by atoms with Crippen molar-refractivity contribution in [2.24, 2.45) is 0 Å². The van der Waals surface area contributed by atoms with E-state index in [1.165, 1.54) is 12.1 Å². The average Bonchev–Trinajstić information content (AvgIpc) is 3.20. The fourth-order valence-electron chi connectivity index (χ4n) is 5.56. The summed E-state index contributed by atoms with van der Waals surface area (Å²) in [6, 6.07) is 12.3. The Morgan fingerprint density at radius 2 is 1.74 bits per heavy atom. The molecule has 11 heteroatoms. The molecule has 2 aromatic carbocycles. The SMILES string of the molecule is CN1CCCN(Cc2cc(-c3ncccn3)ccc2OCC(=O)N2CCC(O)(c3cccc(C(F)(F)F)c3)CC2)CC1. The molecule has 0 saturated carbocycles. The van der Waals surface area contributed by atoms with Crippen LogP contribution in [0, 0.1) is 0 Å². The van der Waals surface area contributed by atoms with Crippen LogP contribution in [0.5, 0.6) is 5.75 Å². The Hall–Kier alpha value is -3.54. The molecule has 42 heavy (non-hydrogen) atoms. The molecule has 2 aliphatic heterocycles. The van der Waals surface area contributed by atoms with Gasteiger partial charge in [-0.3, -0.25) is 9.69 Å². The van der Waals surface area contributed by atoms with Gasteiger partial charge in [-0.15, -0.1) is 0 Å². The number of carbonyl (C=O) groups is 1. The number of aliphatic hydroxyl groups is 1. The van der Waals surface area contributed by atoms with Crippen molar-refractivity contribution in [3.8, 4) is 17.1 Å². The lowest BCUT2D eigenvalue weighted by atomic mass is 9.83. The molecule has 0 atom stereocenters. The summed E-state index contributed by atoms with van der Waals surface area (Å²) in [5.41, 5.74) is -0.209. The van der Waals surface area contributed by atoms with Crippen LogP contribution in [0.1, 0.15) is 36.0 Å². The third kappa shape index (κ3) is 7.26. The molecule has 0 bridgehead atoms. The van der Waals surface area contributed by atoms with Crippen LogP contribution in [0.15, 0.2) is 60.9 Å². The molecule has 2 fully saturated rings. The van der Waals surface area contributed by atoms with Gasteiger partial charge in [-0.25, -0.2) is 9.97 Å². The van der Waals surface area contributed by atoms with Crippen LogP contribution in [0.2, 0.25) is 0 Å². The van der Waals surface area contributed by atoms with Gasteiger partial charge in [0, 0.05) is 56.2 Å². The summed E-state index contributed by atoms with van der Waals surface area (Å²) >= 11 is 0. The number of rotatable bonds is 7. The fourth-order valence-corrected chi connectivity index (χ4v) is 5.56. The summed E-state index contributed by atoms with van der Waals surface area (Å²) in [7, 11) is 2.12. The molecule has 0 radical (unpaired) electrons. The highest BCUT2D eigenvalue weighted by Crippen LogP contribution is 2.37. The maximum absolute atomic E-state index is 13.2. The van der Waals surface area contributed by atoms with E-state index in [1.807, 2.05) is 18.2 Å². The summed E-state index contributed by atoms with van der Waals surface area (Å²) < 4.78 is 45.7. The Bertz CT molecular complexity index is 1360. The van der Waals surface area contributed by atoms with Gasteiger partial charge in [-0.1, -0.05) is 12.1 Å². The summed E-state index contributed by atoms with van der Waals surface area (Å²) in [4.78, 5) is 28.1. The van der Waals surface area contributed by atoms with E-state index in [0.29, 0.717) is 18.1 Å². The van der Waals surface area contributed by atoms with Crippen molar-refractivity contribution in [3.63, 3.8) is 0 Å². The monoisotopic (exact) mass is 583 g/mol. The first kappa shape index (κ1) is 29.9. The Kier molecular flexibility index (Phi) is 9.10. The zero-order valence-electron chi connectivity index (χ0n) is 23.7. The zero-order valence-corrected chi connectivity index (χ0v) is 23.7. The predicted molar refractivity (Wildman–Crippen MR) is 152 cm³/mol. The molecule has 1 amide bonds. The van der Waals surface area contributed by atoms with E-state index < -0.39 is 17.3 Å². The summed E-state index contributed by atoms with van der Waals surface area (Å²) in [6.07, 6.45) is 0.245. The minimum absolute atomic E-state index is 0.139. The van der Waals surface area contributed by atoms with Crippen molar-refractivity contribution >= 4 is 5.91 Å². The van der Waals surface area contributed by atoms with Gasteiger partial charge < -0.3 is 19.6 Å². The van der Waals surface area contributed by atoms with Gasteiger partial charge in [0.15, 0.2) is 12.4 Å². The van der Waals surface area contributed by atoms with Crippen LogP contribution in [0.4, 0.5) is 13.2 Å². The van der Waals surface area contributed by atoms with E-state index in [-0.39, 0.29) is 44.0 Å². The number of alkyl halides is 3. The number of hydrogen-bond donors (Lipinski definition) is 1. The second-order valence-electron chi connectivity index (χ2n) is 11.1. The van der Waals surface area contributed by atoms with E-state index in [4.69, 9.17) is 4.74 Å². The van der Waals surface area contributed by atoms with Crippen molar-refractivity contribution in [2.45, 2.75) is 37.6 Å². The molecule has 0 aliphatic carbocycles. The van der Waals surface area contributed by atoms with Crippen molar-refractivity contribution in [2.75, 3.05) is 52.9 Å². The lowest BCUT2D eigenvalue weighted by molar-refractivity contribution is -0.138. The molecule has 5 rings (SSSR count). The normalized spacial score (nSPS) is 18.5. The number of halogens is 3. The third-order valence-corrected chi connectivity index (χ3v) is 8.11. The van der Waals surface area contributed by atoms with E-state index in [2.05, 4.69) is 26.8 Å². The summed E-state index contributed by atoms with van der Waals surface area (Å²) in [5, 5.41) is 11.1. The quantitative estimate of drug-likeness (QED) is 0.447. The first-order chi connectivity index (χ1) is 20.1. The Morgan fingerprint density at radius 3 is 2.48 bits per heavy atom. The average molecular weight is 584 g/mol. The van der Waals surface area contributed by atoms with Crippen LogP contribution in [0.25, 0.3) is 11.4 Å². The summed E-state index contributed by atoms with van der Waals surface area (Å²) in [6.45, 7) is 4.80. The lowest BCUT2D eigenvalue weighted by Gasteiger charge is -2.38. The highest BCUT2D eigenvalue weighted by Gasteiger charge is 2.38. The van der Waals surface area contributed by atoms with Gasteiger partial charge in [0.2, 0.25) is 0 Å². The van der Waals surface area contributed by atoms with E-state index >= 15 is 0 Å². The van der Waals surface area contributed by atoms with E-state index in [1.54, 1.807) is 23.4 Å². The summed E-state index contributed by atoms with van der Waals surface area (Å²) in [5.74, 6) is 0.982. The number of amides is 1. The van der Waals surface area contributed by atoms with Gasteiger partial charge in [0.1, 0.15) is 5.75 Å². The van der Waals surface area contributed by atoms with Crippen molar-refractivity contribution in [1.29, 1.82) is 0 Å². The highest BCUT2D eigenvalue weighted by molar-refractivity contribution is 5.78. The number of carbonyl (C=O) groups excluding carboxylic acids is 1. The van der Waals surface area contributed by atoms with Gasteiger partial charge >= 0.3 is 6.18 Å². The zero-order chi connectivity index (χ0) is 29.7. The molecule has 0 spiro atoms. The third-order valence-electron chi connectivity index (χ3n) is 8.11. The molecule has 2 saturated heterocycles. The first-order valence-electron chi connectivity index (χ1n) is 14.2. The minimum Gasteiger partial charge on any atom is -0.483 e. The van der Waals surface area contributed by atoms with E-state index in [0.717, 1.165) is 55.9 Å². The second kappa shape index (κ2) is 12.8. The predicted octanol–water partition coefficient (Wildman–Crippen LogP) is 4.19. The number of nitrogens with zero attached hydrogens (tertiary/aromatic N) is 5. The molecular formula is C31H36F3N5O3. The van der Waals surface area contributed by atoms with Gasteiger partial charge in [-0.2, -0.15) is 13.2 Å². The second-order valence-corrected chi connectivity index (χ2v) is 11.1. The number of likely N-dealkylation sites (N-methyl/N-ethyl adjacent to an activating group) is 1. The maximum atomic E-state index is 13.2. The van der Waals surface area contributed by atoms with Crippen molar-refractivity contribution < 1.29 is 27.8 Å². The number of piperidine rings is 1. The number of ether oxygens (including phenoxy) is 1. The van der Waals surface area contributed by atoms with Gasteiger partial charge in [0.05, 0.1) is 11.2 Å². The Balaban J connectivity index is 1.25. The lowest BCUT2D eigenvalue weighted by Crippen LogP contribution is -2.46. The molecule has 8 nitrogen and oxygen atoms in total. The van der Waals surface area contributed by atoms with Crippen molar-refractivity contribution in [1.82, 2.24) is 24.7 Å². The highest BCUT2D eigenvalue weighted by atomic mass is 19.4. The Labute approximate surface area is 243 Å². The van der Waals surface area contributed by atoms with E-state index in [9.17, 15) is 23.1 Å². The molecule has 3 heterocycles. The number of benzene rings is 2. The fraction of sp³-hybridized carbons (Fsp3) is 0.452. The van der Waals surface area contributed by atoms with Crippen LogP contribution in [0.3, 0.4) is 0 Å². The van der Waals surface area contributed by atoms with Gasteiger partial charge in [0.25, 0.3) is 5.91 Å². The van der Waals surface area contributed by atoms with Crippen LogP contribution >= 0.6 is 0 Å². The molecular weight excluding hydrogens is 547 g/mol. The largest absolute Gasteiger partial charge is 0.483 e. The van der Waals surface area contributed by atoms with Crippen LogP contribution < -0.4 is 4.74 Å². The number of aromatic nitrogens is 2. The molecule has 3 aromatic rings. The minimum atomic E-state index is -4.49. The molecule has 0 unspecified atom stereocenters. The van der Waals surface area contributed by atoms with Crippen LogP contribution in [-0.4, -0.2) is 88.6 Å². The molecule has 224 valence electrons. The first-order valence-corrected chi connectivity index (χ1v) is 14.2. The Morgan fingerprint density at radius 1 is 0.976 bits per heavy atom. The standard InChI is InChI=1S/C31H36F3N5O3/c1-37-13-4-14-38(18-17-37)21-24-19-23(29-35-11-3-12-36-29)7-8-27(24)42-22-28(40)39-15-9-30(41,10-16-39)25-5-2-6-26(20-25)31(32,33)34/h2-3,5-8,11-12,19-20,41H,4,9-10,13-18,21-22H2,1H3. The van der Waals surface area contributed by atoms with Crippen molar-refractivity contribution in [3.05, 3.63) is 77.6 Å². The maximum Gasteiger partial charge on any atom is 0.416 e.